The second-order valence-corrected chi connectivity index (χ2v) is 7.70. The maximum Gasteiger partial charge on any atom is 0.211 e. The van der Waals surface area contributed by atoms with E-state index in [-0.39, 0.29) is 0 Å². The third-order valence-electron chi connectivity index (χ3n) is 5.60. The molecule has 3 aromatic carbocycles. The van der Waals surface area contributed by atoms with Crippen LogP contribution < -0.4 is 10.1 Å². The molecule has 0 atom stereocenters. The minimum absolute atomic E-state index is 0.403. The molecule has 0 aliphatic heterocycles. The lowest BCUT2D eigenvalue weighted by Gasteiger charge is -2.13. The van der Waals surface area contributed by atoms with Gasteiger partial charge in [0.15, 0.2) is 0 Å². The number of H-pyrrole nitrogens is 1. The number of hydrogen-bond acceptors (Lipinski definition) is 6. The van der Waals surface area contributed by atoms with Crippen LogP contribution in [-0.4, -0.2) is 32.0 Å². The van der Waals surface area contributed by atoms with Gasteiger partial charge in [-0.15, -0.1) is 10.2 Å². The monoisotopic (exact) mass is 450 g/mol. The molecule has 0 aliphatic rings. The lowest BCUT2D eigenvalue weighted by atomic mass is 9.98. The van der Waals surface area contributed by atoms with Gasteiger partial charge in [0, 0.05) is 22.7 Å². The summed E-state index contributed by atoms with van der Waals surface area (Å²) in [6.45, 7) is 2.44. The molecule has 0 unspecified atom stereocenters. The second kappa shape index (κ2) is 9.50. The van der Waals surface area contributed by atoms with Gasteiger partial charge in [-0.3, -0.25) is 9.78 Å². The van der Waals surface area contributed by atoms with E-state index >= 15 is 0 Å². The summed E-state index contributed by atoms with van der Waals surface area (Å²) in [6, 6.07) is 23.8. The number of pyridine rings is 1. The lowest BCUT2D eigenvalue weighted by molar-refractivity contribution is -0.105. The first kappa shape index (κ1) is 21.3. The molecule has 0 saturated heterocycles. The third-order valence-corrected chi connectivity index (χ3v) is 5.60. The van der Waals surface area contributed by atoms with E-state index in [4.69, 9.17) is 4.74 Å². The molecule has 0 bridgehead atoms. The molecular formula is C26H22N6O2. The number of aryl methyl sites for hydroxylation is 1. The van der Waals surface area contributed by atoms with Gasteiger partial charge in [0.05, 0.1) is 11.2 Å². The number of carbonyl (C=O) groups excluding carboxylic acids is 1. The fourth-order valence-electron chi connectivity index (χ4n) is 3.90. The van der Waals surface area contributed by atoms with E-state index < -0.39 is 0 Å². The maximum atomic E-state index is 11.0. The van der Waals surface area contributed by atoms with Crippen molar-refractivity contribution in [3.8, 4) is 28.3 Å². The molecule has 2 heterocycles. The first-order chi connectivity index (χ1) is 16.8. The standard InChI is InChI=1S/C26H22N6O2/c1-2-19-14-24(22-8-5-9-23(27-16-33)25(22)28-19)34-15-17-10-12-18(13-11-17)20-6-3-4-7-21(20)26-29-31-32-30-26/h3-14,16H,2,15H2,1H3,(H,27,33)(H,29,30,31,32). The Bertz CT molecular complexity index is 1430. The van der Waals surface area contributed by atoms with Gasteiger partial charge in [-0.05, 0) is 40.5 Å². The molecule has 0 aliphatic carbocycles. The van der Waals surface area contributed by atoms with Crippen LogP contribution in [0.2, 0.25) is 0 Å². The van der Waals surface area contributed by atoms with E-state index in [9.17, 15) is 4.79 Å². The minimum atomic E-state index is 0.403. The molecule has 5 aromatic rings. The van der Waals surface area contributed by atoms with Crippen molar-refractivity contribution in [1.29, 1.82) is 0 Å². The SMILES string of the molecule is CCc1cc(OCc2ccc(-c3ccccc3-c3nn[nH]n3)cc2)c2cccc(NC=O)c2n1. The van der Waals surface area contributed by atoms with E-state index in [1.54, 1.807) is 0 Å². The van der Waals surface area contributed by atoms with Crippen LogP contribution in [0.1, 0.15) is 18.2 Å². The largest absolute Gasteiger partial charge is 0.488 e. The predicted molar refractivity (Wildman–Crippen MR) is 130 cm³/mol. The van der Waals surface area contributed by atoms with Crippen molar-refractivity contribution in [2.45, 2.75) is 20.0 Å². The van der Waals surface area contributed by atoms with Gasteiger partial charge in [0.1, 0.15) is 12.4 Å². The normalized spacial score (nSPS) is 10.9. The number of carbonyl (C=O) groups is 1. The highest BCUT2D eigenvalue weighted by atomic mass is 16.5. The van der Waals surface area contributed by atoms with Gasteiger partial charge < -0.3 is 10.1 Å². The Morgan fingerprint density at radius 1 is 1.00 bits per heavy atom. The molecule has 8 heteroatoms. The van der Waals surface area contributed by atoms with Crippen molar-refractivity contribution >= 4 is 23.0 Å². The molecule has 0 radical (unpaired) electrons. The summed E-state index contributed by atoms with van der Waals surface area (Å²) in [5.74, 6) is 1.30. The summed E-state index contributed by atoms with van der Waals surface area (Å²) >= 11 is 0. The summed E-state index contributed by atoms with van der Waals surface area (Å²) < 4.78 is 6.22. The first-order valence-corrected chi connectivity index (χ1v) is 10.9. The zero-order valence-electron chi connectivity index (χ0n) is 18.5. The number of para-hydroxylation sites is 1. The summed E-state index contributed by atoms with van der Waals surface area (Å²) in [4.78, 5) is 15.7. The van der Waals surface area contributed by atoms with Gasteiger partial charge in [-0.25, -0.2) is 0 Å². The number of ether oxygens (including phenoxy) is 1. The van der Waals surface area contributed by atoms with Crippen LogP contribution in [0.25, 0.3) is 33.4 Å². The number of benzene rings is 3. The van der Waals surface area contributed by atoms with E-state index in [1.807, 2.05) is 67.6 Å². The highest BCUT2D eigenvalue weighted by Gasteiger charge is 2.12. The van der Waals surface area contributed by atoms with Crippen molar-refractivity contribution in [1.82, 2.24) is 25.6 Å². The Morgan fingerprint density at radius 3 is 2.56 bits per heavy atom. The molecule has 2 N–H and O–H groups in total. The van der Waals surface area contributed by atoms with Crippen molar-refractivity contribution in [3.05, 3.63) is 84.1 Å². The number of aromatic nitrogens is 5. The number of anilines is 1. The van der Waals surface area contributed by atoms with Gasteiger partial charge in [0.2, 0.25) is 12.2 Å². The van der Waals surface area contributed by atoms with Crippen LogP contribution in [0.15, 0.2) is 72.8 Å². The predicted octanol–water partition coefficient (Wildman–Crippen LogP) is 4.79. The number of rotatable bonds is 8. The number of nitrogens with zero attached hydrogens (tertiary/aromatic N) is 4. The molecule has 168 valence electrons. The quantitative estimate of drug-likeness (QED) is 0.329. The fraction of sp³-hybridized carbons (Fsp3) is 0.115. The highest BCUT2D eigenvalue weighted by molar-refractivity contribution is 5.97. The molecule has 2 aromatic heterocycles. The molecule has 1 amide bonds. The van der Waals surface area contributed by atoms with Crippen LogP contribution in [0.4, 0.5) is 5.69 Å². The summed E-state index contributed by atoms with van der Waals surface area (Å²) in [6.07, 6.45) is 1.42. The molecule has 34 heavy (non-hydrogen) atoms. The molecule has 5 rings (SSSR count). The van der Waals surface area contributed by atoms with Crippen LogP contribution in [-0.2, 0) is 17.8 Å². The number of fused-ring (bicyclic) bond motifs is 1. The molecule has 0 saturated carbocycles. The van der Waals surface area contributed by atoms with Crippen LogP contribution >= 0.6 is 0 Å². The van der Waals surface area contributed by atoms with Crippen molar-refractivity contribution in [2.24, 2.45) is 0 Å². The van der Waals surface area contributed by atoms with Crippen molar-refractivity contribution in [2.75, 3.05) is 5.32 Å². The summed E-state index contributed by atoms with van der Waals surface area (Å²) in [5.41, 5.74) is 6.31. The van der Waals surface area contributed by atoms with E-state index in [2.05, 4.69) is 43.1 Å². The topological polar surface area (TPSA) is 106 Å². The second-order valence-electron chi connectivity index (χ2n) is 7.70. The van der Waals surface area contributed by atoms with Crippen LogP contribution in [0.3, 0.4) is 0 Å². The van der Waals surface area contributed by atoms with E-state index in [1.165, 1.54) is 0 Å². The molecule has 0 fully saturated rings. The zero-order valence-corrected chi connectivity index (χ0v) is 18.5. The van der Waals surface area contributed by atoms with Gasteiger partial charge in [0.25, 0.3) is 0 Å². The Kier molecular flexibility index (Phi) is 5.94. The fourth-order valence-corrected chi connectivity index (χ4v) is 3.90. The summed E-state index contributed by atoms with van der Waals surface area (Å²) in [5, 5.41) is 18.0. The Balaban J connectivity index is 1.40. The van der Waals surface area contributed by atoms with Crippen LogP contribution in [0, 0.1) is 0 Å². The molecule has 0 spiro atoms. The van der Waals surface area contributed by atoms with Gasteiger partial charge in [-0.1, -0.05) is 61.5 Å². The number of tetrazole rings is 1. The van der Waals surface area contributed by atoms with E-state index in [0.29, 0.717) is 24.5 Å². The van der Waals surface area contributed by atoms with Gasteiger partial charge in [-0.2, -0.15) is 5.21 Å². The highest BCUT2D eigenvalue weighted by Crippen LogP contribution is 2.32. The zero-order chi connectivity index (χ0) is 23.3. The van der Waals surface area contributed by atoms with Crippen molar-refractivity contribution < 1.29 is 9.53 Å². The minimum Gasteiger partial charge on any atom is -0.488 e. The van der Waals surface area contributed by atoms with Crippen molar-refractivity contribution in [3.63, 3.8) is 0 Å². The Labute approximate surface area is 196 Å². The Hall–Kier alpha value is -4.59. The number of aromatic amines is 1. The smallest absolute Gasteiger partial charge is 0.211 e. The first-order valence-electron chi connectivity index (χ1n) is 10.9. The average Bonchev–Trinajstić information content (AvgIpc) is 3.43. The Morgan fingerprint density at radius 2 is 1.82 bits per heavy atom. The summed E-state index contributed by atoms with van der Waals surface area (Å²) in [7, 11) is 0. The number of nitrogens with one attached hydrogen (secondary N) is 2. The number of amides is 1. The third kappa shape index (κ3) is 4.21. The van der Waals surface area contributed by atoms with Crippen LogP contribution in [0.5, 0.6) is 5.75 Å². The average molecular weight is 451 g/mol. The van der Waals surface area contributed by atoms with E-state index in [0.717, 1.165) is 51.0 Å². The van der Waals surface area contributed by atoms with Gasteiger partial charge >= 0.3 is 0 Å². The lowest BCUT2D eigenvalue weighted by Crippen LogP contribution is -2.01. The molecule has 8 nitrogen and oxygen atoms in total. The maximum absolute atomic E-state index is 11.0. The molecular weight excluding hydrogens is 428 g/mol. The number of hydrogen-bond donors (Lipinski definition) is 2.